The van der Waals surface area contributed by atoms with Gasteiger partial charge in [-0.1, -0.05) is 6.07 Å². The van der Waals surface area contributed by atoms with Crippen LogP contribution in [0.2, 0.25) is 0 Å². The van der Waals surface area contributed by atoms with Gasteiger partial charge in [0, 0.05) is 11.9 Å². The Morgan fingerprint density at radius 1 is 1.16 bits per heavy atom. The smallest absolute Gasteiger partial charge is 0.318 e. The summed E-state index contributed by atoms with van der Waals surface area (Å²) in [5.41, 5.74) is 2.28. The van der Waals surface area contributed by atoms with Crippen LogP contribution in [0.4, 0.5) is 5.82 Å². The molecule has 0 bridgehead atoms. The Kier molecular flexibility index (Phi) is 3.71. The lowest BCUT2D eigenvalue weighted by molar-refractivity contribution is 0.174. The summed E-state index contributed by atoms with van der Waals surface area (Å²) in [5, 5.41) is 13.2. The predicted molar refractivity (Wildman–Crippen MR) is 90.7 cm³/mol. The number of nitrogens with zero attached hydrogens (tertiary/aromatic N) is 3. The van der Waals surface area contributed by atoms with Gasteiger partial charge in [0.25, 0.3) is 0 Å². The number of rotatable bonds is 4. The minimum absolute atomic E-state index is 0.247. The third-order valence-corrected chi connectivity index (χ3v) is 3.88. The van der Waals surface area contributed by atoms with Gasteiger partial charge < -0.3 is 19.5 Å². The van der Waals surface area contributed by atoms with Crippen LogP contribution in [-0.2, 0) is 6.54 Å². The molecule has 7 nitrogen and oxygen atoms in total. The lowest BCUT2D eigenvalue weighted by Gasteiger charge is -2.11. The number of anilines is 1. The average Bonchev–Trinajstić information content (AvgIpc) is 3.13. The zero-order chi connectivity index (χ0) is 17.2. The topological polar surface area (TPSA) is 89.3 Å². The third kappa shape index (κ3) is 2.85. The second-order valence-corrected chi connectivity index (χ2v) is 5.44. The van der Waals surface area contributed by atoms with Crippen molar-refractivity contribution < 1.29 is 14.2 Å². The zero-order valence-electron chi connectivity index (χ0n) is 13.4. The Bertz CT molecular complexity index is 998. The van der Waals surface area contributed by atoms with Crippen LogP contribution in [0.1, 0.15) is 11.1 Å². The molecule has 2 heterocycles. The SMILES string of the molecule is COc1nc(NCc2ccc3c(c2)OCO3)c2cc(C#N)ccc2n1. The Morgan fingerprint density at radius 3 is 2.88 bits per heavy atom. The van der Waals surface area contributed by atoms with Crippen molar-refractivity contribution in [2.45, 2.75) is 6.54 Å². The number of aromatic nitrogens is 2. The molecule has 7 heteroatoms. The molecule has 1 aliphatic rings. The van der Waals surface area contributed by atoms with Crippen molar-refractivity contribution in [1.29, 1.82) is 5.26 Å². The molecule has 0 atom stereocenters. The molecule has 1 aliphatic heterocycles. The van der Waals surface area contributed by atoms with Crippen molar-refractivity contribution in [2.75, 3.05) is 19.2 Å². The summed E-state index contributed by atoms with van der Waals surface area (Å²) in [6.45, 7) is 0.777. The number of ether oxygens (including phenoxy) is 3. The summed E-state index contributed by atoms with van der Waals surface area (Å²) in [6, 6.07) is 13.4. The van der Waals surface area contributed by atoms with Gasteiger partial charge in [0.15, 0.2) is 11.5 Å². The Labute approximate surface area is 143 Å². The number of benzene rings is 2. The van der Waals surface area contributed by atoms with Gasteiger partial charge in [0.1, 0.15) is 5.82 Å². The van der Waals surface area contributed by atoms with Crippen molar-refractivity contribution >= 4 is 16.7 Å². The van der Waals surface area contributed by atoms with Crippen LogP contribution < -0.4 is 19.5 Å². The first-order valence-electron chi connectivity index (χ1n) is 7.65. The molecule has 0 amide bonds. The summed E-state index contributed by atoms with van der Waals surface area (Å²) < 4.78 is 15.9. The molecule has 1 aromatic heterocycles. The van der Waals surface area contributed by atoms with Crippen LogP contribution in [-0.4, -0.2) is 23.9 Å². The maximum atomic E-state index is 9.12. The van der Waals surface area contributed by atoms with Gasteiger partial charge in [0.2, 0.25) is 6.79 Å². The summed E-state index contributed by atoms with van der Waals surface area (Å²) in [6.07, 6.45) is 0. The minimum Gasteiger partial charge on any atom is -0.467 e. The highest BCUT2D eigenvalue weighted by Gasteiger charge is 2.14. The van der Waals surface area contributed by atoms with Gasteiger partial charge >= 0.3 is 6.01 Å². The quantitative estimate of drug-likeness (QED) is 0.784. The van der Waals surface area contributed by atoms with Gasteiger partial charge in [-0.2, -0.15) is 15.2 Å². The van der Waals surface area contributed by atoms with E-state index < -0.39 is 0 Å². The maximum absolute atomic E-state index is 9.12. The number of hydrogen-bond donors (Lipinski definition) is 1. The van der Waals surface area contributed by atoms with E-state index in [1.54, 1.807) is 18.2 Å². The number of fused-ring (bicyclic) bond motifs is 2. The molecule has 0 unspecified atom stereocenters. The molecule has 1 N–H and O–H groups in total. The van der Waals surface area contributed by atoms with E-state index in [0.29, 0.717) is 23.4 Å². The van der Waals surface area contributed by atoms with Crippen LogP contribution in [0.3, 0.4) is 0 Å². The van der Waals surface area contributed by atoms with E-state index in [1.807, 2.05) is 18.2 Å². The normalized spacial score (nSPS) is 12.0. The minimum atomic E-state index is 0.247. The van der Waals surface area contributed by atoms with Crippen LogP contribution in [0.5, 0.6) is 17.5 Å². The highest BCUT2D eigenvalue weighted by molar-refractivity contribution is 5.90. The lowest BCUT2D eigenvalue weighted by Crippen LogP contribution is -2.04. The largest absolute Gasteiger partial charge is 0.467 e. The van der Waals surface area contributed by atoms with Crippen LogP contribution in [0.25, 0.3) is 10.9 Å². The van der Waals surface area contributed by atoms with Crippen LogP contribution in [0, 0.1) is 11.3 Å². The molecule has 0 saturated heterocycles. The molecular formula is C18H14N4O3. The first kappa shape index (κ1) is 15.0. The molecule has 0 fully saturated rings. The fraction of sp³-hybridized carbons (Fsp3) is 0.167. The van der Waals surface area contributed by atoms with E-state index in [-0.39, 0.29) is 12.8 Å². The van der Waals surface area contributed by atoms with Crippen molar-refractivity contribution in [3.63, 3.8) is 0 Å². The number of nitriles is 1. The predicted octanol–water partition coefficient (Wildman–Crippen LogP) is 2.85. The molecule has 3 aromatic rings. The molecular weight excluding hydrogens is 320 g/mol. The Hall–Kier alpha value is -3.53. The van der Waals surface area contributed by atoms with Crippen LogP contribution >= 0.6 is 0 Å². The monoisotopic (exact) mass is 334 g/mol. The molecule has 4 rings (SSSR count). The molecule has 0 aliphatic carbocycles. The number of hydrogen-bond acceptors (Lipinski definition) is 7. The first-order valence-corrected chi connectivity index (χ1v) is 7.65. The van der Waals surface area contributed by atoms with Crippen molar-refractivity contribution in [1.82, 2.24) is 9.97 Å². The van der Waals surface area contributed by atoms with E-state index in [4.69, 9.17) is 19.5 Å². The lowest BCUT2D eigenvalue weighted by atomic mass is 10.1. The van der Waals surface area contributed by atoms with E-state index in [0.717, 1.165) is 22.4 Å². The first-order chi connectivity index (χ1) is 12.3. The second kappa shape index (κ2) is 6.17. The van der Waals surface area contributed by atoms with Crippen LogP contribution in [0.15, 0.2) is 36.4 Å². The van der Waals surface area contributed by atoms with Crippen molar-refractivity contribution in [3.8, 4) is 23.6 Å². The number of methoxy groups -OCH3 is 1. The summed E-state index contributed by atoms with van der Waals surface area (Å²) in [7, 11) is 1.52. The summed E-state index contributed by atoms with van der Waals surface area (Å²) in [5.74, 6) is 2.09. The van der Waals surface area contributed by atoms with Gasteiger partial charge in [-0.15, -0.1) is 0 Å². The molecule has 25 heavy (non-hydrogen) atoms. The Balaban J connectivity index is 1.66. The van der Waals surface area contributed by atoms with Gasteiger partial charge in [0.05, 0.1) is 24.3 Å². The highest BCUT2D eigenvalue weighted by Crippen LogP contribution is 2.33. The summed E-state index contributed by atoms with van der Waals surface area (Å²) >= 11 is 0. The van der Waals surface area contributed by atoms with E-state index in [2.05, 4.69) is 21.4 Å². The van der Waals surface area contributed by atoms with Crippen molar-refractivity contribution in [2.24, 2.45) is 0 Å². The third-order valence-electron chi connectivity index (χ3n) is 3.88. The zero-order valence-corrected chi connectivity index (χ0v) is 13.4. The fourth-order valence-corrected chi connectivity index (χ4v) is 2.64. The summed E-state index contributed by atoms with van der Waals surface area (Å²) in [4.78, 5) is 8.69. The fourth-order valence-electron chi connectivity index (χ4n) is 2.64. The standard InChI is InChI=1S/C18H14N4O3/c1-23-18-21-14-4-2-11(8-19)6-13(14)17(22-18)20-9-12-3-5-15-16(7-12)25-10-24-15/h2-7H,9-10H2,1H3,(H,20,21,22). The number of nitrogens with one attached hydrogen (secondary N) is 1. The second-order valence-electron chi connectivity index (χ2n) is 5.44. The average molecular weight is 334 g/mol. The van der Waals surface area contributed by atoms with Gasteiger partial charge in [-0.3, -0.25) is 0 Å². The molecule has 124 valence electrons. The van der Waals surface area contributed by atoms with Gasteiger partial charge in [-0.25, -0.2) is 0 Å². The maximum Gasteiger partial charge on any atom is 0.318 e. The van der Waals surface area contributed by atoms with E-state index >= 15 is 0 Å². The highest BCUT2D eigenvalue weighted by atomic mass is 16.7. The van der Waals surface area contributed by atoms with E-state index in [1.165, 1.54) is 7.11 Å². The molecule has 0 radical (unpaired) electrons. The van der Waals surface area contributed by atoms with Gasteiger partial charge in [-0.05, 0) is 35.9 Å². The molecule has 2 aromatic carbocycles. The molecule has 0 saturated carbocycles. The van der Waals surface area contributed by atoms with E-state index in [9.17, 15) is 0 Å². The van der Waals surface area contributed by atoms with Crippen molar-refractivity contribution in [3.05, 3.63) is 47.5 Å². The molecule has 0 spiro atoms. The Morgan fingerprint density at radius 2 is 2.04 bits per heavy atom.